The van der Waals surface area contributed by atoms with Gasteiger partial charge in [-0.2, -0.15) is 4.98 Å². The van der Waals surface area contributed by atoms with E-state index in [0.717, 1.165) is 35.4 Å². The summed E-state index contributed by atoms with van der Waals surface area (Å²) in [6.07, 6.45) is 2.27. The Hall–Kier alpha value is -2.47. The number of hydrogen-bond acceptors (Lipinski definition) is 5. The first-order valence-corrected chi connectivity index (χ1v) is 9.31. The Morgan fingerprint density at radius 3 is 3.08 bits per heavy atom. The molecule has 5 nitrogen and oxygen atoms in total. The maximum Gasteiger partial charge on any atom is 0.249 e. The molecule has 4 rings (SSSR count). The SMILES string of the molecule is Cc1cccc(-c2noc([C@H]3CCCN3C(=O)Cc3cccs3)n2)c1. The highest BCUT2D eigenvalue weighted by molar-refractivity contribution is 7.10. The van der Waals surface area contributed by atoms with Crippen molar-refractivity contribution < 1.29 is 9.32 Å². The van der Waals surface area contributed by atoms with Crippen LogP contribution < -0.4 is 0 Å². The molecule has 1 atom stereocenters. The van der Waals surface area contributed by atoms with Crippen LogP contribution in [0, 0.1) is 6.92 Å². The molecule has 25 heavy (non-hydrogen) atoms. The van der Waals surface area contributed by atoms with Gasteiger partial charge in [0.25, 0.3) is 0 Å². The molecule has 0 saturated carbocycles. The molecule has 0 N–H and O–H groups in total. The van der Waals surface area contributed by atoms with Crippen molar-refractivity contribution in [1.29, 1.82) is 0 Å². The van der Waals surface area contributed by atoms with Crippen molar-refractivity contribution >= 4 is 17.2 Å². The molecule has 1 aromatic carbocycles. The fourth-order valence-electron chi connectivity index (χ4n) is 3.26. The van der Waals surface area contributed by atoms with Crippen molar-refractivity contribution in [2.24, 2.45) is 0 Å². The van der Waals surface area contributed by atoms with Crippen molar-refractivity contribution in [3.05, 3.63) is 58.1 Å². The predicted octanol–water partition coefficient (Wildman–Crippen LogP) is 4.01. The summed E-state index contributed by atoms with van der Waals surface area (Å²) in [5.74, 6) is 1.24. The molecular formula is C19H19N3O2S. The van der Waals surface area contributed by atoms with Crippen LogP contribution in [0.3, 0.4) is 0 Å². The van der Waals surface area contributed by atoms with E-state index in [1.807, 2.05) is 53.6 Å². The minimum absolute atomic E-state index is 0.112. The van der Waals surface area contributed by atoms with Gasteiger partial charge in [0, 0.05) is 17.0 Å². The quantitative estimate of drug-likeness (QED) is 0.711. The van der Waals surface area contributed by atoms with E-state index in [4.69, 9.17) is 4.52 Å². The number of aromatic nitrogens is 2. The first-order chi connectivity index (χ1) is 12.2. The number of nitrogens with zero attached hydrogens (tertiary/aromatic N) is 3. The standard InChI is InChI=1S/C19H19N3O2S/c1-13-5-2-6-14(11-13)18-20-19(24-21-18)16-8-3-9-22(16)17(23)12-15-7-4-10-25-15/h2,4-7,10-11,16H,3,8-9,12H2,1H3/t16-/m1/s1. The van der Waals surface area contributed by atoms with Crippen LogP contribution in [0.15, 0.2) is 46.3 Å². The second-order valence-corrected chi connectivity index (χ2v) is 7.36. The molecule has 1 aliphatic heterocycles. The van der Waals surface area contributed by atoms with E-state index in [-0.39, 0.29) is 11.9 Å². The lowest BCUT2D eigenvalue weighted by molar-refractivity contribution is -0.131. The minimum Gasteiger partial charge on any atom is -0.337 e. The van der Waals surface area contributed by atoms with E-state index in [0.29, 0.717) is 18.1 Å². The van der Waals surface area contributed by atoms with Crippen LogP contribution in [0.4, 0.5) is 0 Å². The van der Waals surface area contributed by atoms with Gasteiger partial charge in [0.1, 0.15) is 6.04 Å². The van der Waals surface area contributed by atoms with Gasteiger partial charge in [-0.1, -0.05) is 35.0 Å². The van der Waals surface area contributed by atoms with Gasteiger partial charge in [0.15, 0.2) is 0 Å². The zero-order valence-electron chi connectivity index (χ0n) is 14.0. The topological polar surface area (TPSA) is 59.2 Å². The van der Waals surface area contributed by atoms with Gasteiger partial charge in [-0.25, -0.2) is 0 Å². The largest absolute Gasteiger partial charge is 0.337 e. The molecule has 1 amide bonds. The average molecular weight is 353 g/mol. The maximum atomic E-state index is 12.7. The van der Waals surface area contributed by atoms with E-state index in [9.17, 15) is 4.79 Å². The van der Waals surface area contributed by atoms with E-state index >= 15 is 0 Å². The number of thiophene rings is 1. The first-order valence-electron chi connectivity index (χ1n) is 8.43. The summed E-state index contributed by atoms with van der Waals surface area (Å²) in [7, 11) is 0. The Morgan fingerprint density at radius 1 is 1.36 bits per heavy atom. The number of amides is 1. The van der Waals surface area contributed by atoms with Crippen LogP contribution in [-0.2, 0) is 11.2 Å². The molecule has 0 spiro atoms. The molecule has 1 aliphatic rings. The second kappa shape index (κ2) is 6.80. The minimum atomic E-state index is -0.112. The van der Waals surface area contributed by atoms with Crippen LogP contribution in [0.5, 0.6) is 0 Å². The highest BCUT2D eigenvalue weighted by Gasteiger charge is 2.34. The van der Waals surface area contributed by atoms with Crippen molar-refractivity contribution in [1.82, 2.24) is 15.0 Å². The third-order valence-electron chi connectivity index (χ3n) is 4.48. The first kappa shape index (κ1) is 16.0. The number of likely N-dealkylation sites (tertiary alicyclic amines) is 1. The molecule has 3 aromatic rings. The summed E-state index contributed by atoms with van der Waals surface area (Å²) >= 11 is 1.61. The summed E-state index contributed by atoms with van der Waals surface area (Å²) in [6.45, 7) is 2.78. The number of carbonyl (C=O) groups excluding carboxylic acids is 1. The van der Waals surface area contributed by atoms with E-state index < -0.39 is 0 Å². The van der Waals surface area contributed by atoms with Crippen molar-refractivity contribution in [2.75, 3.05) is 6.54 Å². The highest BCUT2D eigenvalue weighted by atomic mass is 32.1. The van der Waals surface area contributed by atoms with Gasteiger partial charge in [0.05, 0.1) is 6.42 Å². The second-order valence-electron chi connectivity index (χ2n) is 6.33. The fourth-order valence-corrected chi connectivity index (χ4v) is 3.95. The molecule has 0 bridgehead atoms. The Bertz CT molecular complexity index is 872. The molecule has 3 heterocycles. The summed E-state index contributed by atoms with van der Waals surface area (Å²) in [5, 5.41) is 6.12. The van der Waals surface area contributed by atoms with Gasteiger partial charge in [0.2, 0.25) is 17.6 Å². The van der Waals surface area contributed by atoms with Gasteiger partial charge in [-0.05, 0) is 37.3 Å². The lowest BCUT2D eigenvalue weighted by Crippen LogP contribution is -2.31. The van der Waals surface area contributed by atoms with Crippen LogP contribution in [0.25, 0.3) is 11.4 Å². The van der Waals surface area contributed by atoms with Crippen LogP contribution in [0.1, 0.15) is 35.2 Å². The zero-order chi connectivity index (χ0) is 17.2. The zero-order valence-corrected chi connectivity index (χ0v) is 14.8. The molecule has 6 heteroatoms. The molecule has 2 aromatic heterocycles. The lowest BCUT2D eigenvalue weighted by Gasteiger charge is -2.21. The molecule has 0 radical (unpaired) electrons. The van der Waals surface area contributed by atoms with Gasteiger partial charge >= 0.3 is 0 Å². The van der Waals surface area contributed by atoms with Crippen LogP contribution in [-0.4, -0.2) is 27.5 Å². The van der Waals surface area contributed by atoms with Crippen LogP contribution >= 0.6 is 11.3 Å². The third kappa shape index (κ3) is 3.35. The molecule has 1 saturated heterocycles. The fraction of sp³-hybridized carbons (Fsp3) is 0.316. The number of rotatable bonds is 4. The van der Waals surface area contributed by atoms with Gasteiger partial charge < -0.3 is 9.42 Å². The van der Waals surface area contributed by atoms with E-state index in [1.165, 1.54) is 0 Å². The Balaban J connectivity index is 1.53. The maximum absolute atomic E-state index is 12.7. The van der Waals surface area contributed by atoms with E-state index in [2.05, 4.69) is 10.1 Å². The third-order valence-corrected chi connectivity index (χ3v) is 5.36. The highest BCUT2D eigenvalue weighted by Crippen LogP contribution is 2.32. The predicted molar refractivity (Wildman–Crippen MR) is 96.2 cm³/mol. The van der Waals surface area contributed by atoms with Crippen molar-refractivity contribution in [3.8, 4) is 11.4 Å². The van der Waals surface area contributed by atoms with Gasteiger partial charge in [-0.15, -0.1) is 11.3 Å². The number of aryl methyl sites for hydroxylation is 1. The summed E-state index contributed by atoms with van der Waals surface area (Å²) in [6, 6.07) is 11.9. The molecule has 0 aliphatic carbocycles. The smallest absolute Gasteiger partial charge is 0.249 e. The van der Waals surface area contributed by atoms with Crippen LogP contribution in [0.2, 0.25) is 0 Å². The summed E-state index contributed by atoms with van der Waals surface area (Å²) in [4.78, 5) is 20.2. The monoisotopic (exact) mass is 353 g/mol. The molecule has 128 valence electrons. The Morgan fingerprint density at radius 2 is 2.28 bits per heavy atom. The molecular weight excluding hydrogens is 334 g/mol. The van der Waals surface area contributed by atoms with E-state index in [1.54, 1.807) is 11.3 Å². The summed E-state index contributed by atoms with van der Waals surface area (Å²) < 4.78 is 5.51. The number of hydrogen-bond donors (Lipinski definition) is 0. The Labute approximate surface area is 150 Å². The lowest BCUT2D eigenvalue weighted by atomic mass is 10.1. The van der Waals surface area contributed by atoms with Gasteiger partial charge in [-0.3, -0.25) is 4.79 Å². The average Bonchev–Trinajstić information content (AvgIpc) is 3.35. The number of benzene rings is 1. The Kier molecular flexibility index (Phi) is 4.36. The number of carbonyl (C=O) groups is 1. The van der Waals surface area contributed by atoms with Crippen molar-refractivity contribution in [2.45, 2.75) is 32.2 Å². The molecule has 1 fully saturated rings. The molecule has 0 unspecified atom stereocenters. The normalized spacial score (nSPS) is 17.2. The van der Waals surface area contributed by atoms with Crippen molar-refractivity contribution in [3.63, 3.8) is 0 Å². The summed E-state index contributed by atoms with van der Waals surface area (Å²) in [5.41, 5.74) is 2.09.